The summed E-state index contributed by atoms with van der Waals surface area (Å²) in [4.78, 5) is 14.4. The Morgan fingerprint density at radius 2 is 2.00 bits per heavy atom. The van der Waals surface area contributed by atoms with Crippen LogP contribution >= 0.6 is 23.2 Å². The molecular weight excluding hydrogens is 463 g/mol. The molecule has 1 fully saturated rings. The molecule has 0 bridgehead atoms. The van der Waals surface area contributed by atoms with Gasteiger partial charge in [0.25, 0.3) is 0 Å². The predicted molar refractivity (Wildman–Crippen MR) is 127 cm³/mol. The number of halogens is 2. The summed E-state index contributed by atoms with van der Waals surface area (Å²) in [6, 6.07) is 14.8. The van der Waals surface area contributed by atoms with E-state index < -0.39 is 5.60 Å². The summed E-state index contributed by atoms with van der Waals surface area (Å²) < 4.78 is 17.8. The molecule has 2 aromatic rings. The van der Waals surface area contributed by atoms with E-state index in [1.807, 2.05) is 39.0 Å². The van der Waals surface area contributed by atoms with Gasteiger partial charge in [-0.15, -0.1) is 0 Å². The quantitative estimate of drug-likeness (QED) is 0.513. The highest BCUT2D eigenvalue weighted by Crippen LogP contribution is 2.34. The molecular formula is C25H28Cl2N2O4. The normalized spacial score (nSPS) is 19.0. The first-order chi connectivity index (χ1) is 15.7. The summed E-state index contributed by atoms with van der Waals surface area (Å²) in [7, 11) is 0. The van der Waals surface area contributed by atoms with Gasteiger partial charge in [0.05, 0.1) is 47.6 Å². The number of hydrogen-bond acceptors (Lipinski definition) is 5. The Labute approximate surface area is 204 Å². The number of ether oxygens (including phenoxy) is 3. The van der Waals surface area contributed by atoms with Gasteiger partial charge in [-0.05, 0) is 56.2 Å². The standard InChI is InChI=1S/C25H28Cl2N2O4/c1-25(2,3)33-24(30)29-9-10-32-23(19-7-8-21(26)22(27)12-19)20(14-29)16-31-15-18-6-4-5-17(11-18)13-28/h4-8,11-12,20,23H,9-10,14-16H2,1-3H3/t20-,23-/m0/s1. The third kappa shape index (κ3) is 7.35. The van der Waals surface area contributed by atoms with Gasteiger partial charge >= 0.3 is 6.09 Å². The van der Waals surface area contributed by atoms with Crippen LogP contribution in [0.4, 0.5) is 4.79 Å². The minimum absolute atomic E-state index is 0.170. The monoisotopic (exact) mass is 490 g/mol. The van der Waals surface area contributed by atoms with E-state index in [0.717, 1.165) is 11.1 Å². The largest absolute Gasteiger partial charge is 0.444 e. The Hall–Kier alpha value is -2.30. The summed E-state index contributed by atoms with van der Waals surface area (Å²) in [5.74, 6) is -0.170. The fourth-order valence-corrected chi connectivity index (χ4v) is 3.95. The number of amides is 1. The molecule has 0 spiro atoms. The molecule has 1 aliphatic rings. The number of carbonyl (C=O) groups is 1. The summed E-state index contributed by atoms with van der Waals surface area (Å²) >= 11 is 12.4. The summed E-state index contributed by atoms with van der Waals surface area (Å²) in [5.41, 5.74) is 1.76. The highest BCUT2D eigenvalue weighted by Gasteiger charge is 2.33. The lowest BCUT2D eigenvalue weighted by atomic mass is 9.95. The van der Waals surface area contributed by atoms with Crippen LogP contribution in [0.3, 0.4) is 0 Å². The van der Waals surface area contributed by atoms with E-state index >= 15 is 0 Å². The number of nitriles is 1. The van der Waals surface area contributed by atoms with Crippen molar-refractivity contribution in [3.8, 4) is 6.07 Å². The van der Waals surface area contributed by atoms with Crippen molar-refractivity contribution < 1.29 is 19.0 Å². The van der Waals surface area contributed by atoms with E-state index in [-0.39, 0.29) is 18.1 Å². The Morgan fingerprint density at radius 1 is 1.21 bits per heavy atom. The molecule has 1 aliphatic heterocycles. The molecule has 2 atom stereocenters. The maximum Gasteiger partial charge on any atom is 0.410 e. The van der Waals surface area contributed by atoms with Crippen molar-refractivity contribution in [2.75, 3.05) is 26.3 Å². The van der Waals surface area contributed by atoms with Crippen LogP contribution in [0.15, 0.2) is 42.5 Å². The fourth-order valence-electron chi connectivity index (χ4n) is 3.65. The van der Waals surface area contributed by atoms with Gasteiger partial charge in [-0.25, -0.2) is 4.79 Å². The Morgan fingerprint density at radius 3 is 2.70 bits per heavy atom. The van der Waals surface area contributed by atoms with Crippen LogP contribution in [0.25, 0.3) is 0 Å². The lowest BCUT2D eigenvalue weighted by Crippen LogP contribution is -2.41. The number of carbonyl (C=O) groups excluding carboxylic acids is 1. The van der Waals surface area contributed by atoms with E-state index in [9.17, 15) is 4.79 Å². The van der Waals surface area contributed by atoms with E-state index in [2.05, 4.69) is 6.07 Å². The molecule has 8 heteroatoms. The van der Waals surface area contributed by atoms with Crippen LogP contribution in [0.1, 0.15) is 43.6 Å². The van der Waals surface area contributed by atoms with Crippen molar-refractivity contribution in [2.45, 2.75) is 39.1 Å². The first-order valence-corrected chi connectivity index (χ1v) is 11.5. The molecule has 0 aromatic heterocycles. The fraction of sp³-hybridized carbons (Fsp3) is 0.440. The second kappa shape index (κ2) is 11.2. The molecule has 1 heterocycles. The smallest absolute Gasteiger partial charge is 0.410 e. The molecule has 0 aliphatic carbocycles. The van der Waals surface area contributed by atoms with Gasteiger partial charge < -0.3 is 19.1 Å². The first-order valence-electron chi connectivity index (χ1n) is 10.8. The predicted octanol–water partition coefficient (Wildman–Crippen LogP) is 6.01. The van der Waals surface area contributed by atoms with Gasteiger partial charge in [0.15, 0.2) is 0 Å². The van der Waals surface area contributed by atoms with Crippen LogP contribution in [0.5, 0.6) is 0 Å². The molecule has 2 aromatic carbocycles. The molecule has 33 heavy (non-hydrogen) atoms. The van der Waals surface area contributed by atoms with Gasteiger partial charge in [0.1, 0.15) is 5.60 Å². The number of nitrogens with zero attached hydrogens (tertiary/aromatic N) is 2. The molecule has 1 amide bonds. The van der Waals surface area contributed by atoms with Crippen LogP contribution in [0.2, 0.25) is 10.0 Å². The van der Waals surface area contributed by atoms with E-state index in [0.29, 0.717) is 48.5 Å². The Bertz CT molecular complexity index is 1020. The third-order valence-corrected chi connectivity index (χ3v) is 5.86. The number of rotatable bonds is 5. The van der Waals surface area contributed by atoms with Crippen LogP contribution in [0, 0.1) is 17.2 Å². The van der Waals surface area contributed by atoms with Gasteiger partial charge in [-0.1, -0.05) is 41.4 Å². The van der Waals surface area contributed by atoms with E-state index in [1.54, 1.807) is 29.2 Å². The summed E-state index contributed by atoms with van der Waals surface area (Å²) in [6.07, 6.45) is -0.717. The van der Waals surface area contributed by atoms with E-state index in [1.165, 1.54) is 0 Å². The van der Waals surface area contributed by atoms with Gasteiger partial charge in [0, 0.05) is 19.0 Å². The van der Waals surface area contributed by atoms with Crippen molar-refractivity contribution in [2.24, 2.45) is 5.92 Å². The lowest BCUT2D eigenvalue weighted by molar-refractivity contribution is -0.0132. The first kappa shape index (κ1) is 25.3. The second-order valence-corrected chi connectivity index (χ2v) is 9.79. The lowest BCUT2D eigenvalue weighted by Gasteiger charge is -2.29. The van der Waals surface area contributed by atoms with Crippen molar-refractivity contribution in [3.05, 3.63) is 69.2 Å². The molecule has 3 rings (SSSR count). The molecule has 6 nitrogen and oxygen atoms in total. The molecule has 0 saturated carbocycles. The Kier molecular flexibility index (Phi) is 8.61. The highest BCUT2D eigenvalue weighted by atomic mass is 35.5. The van der Waals surface area contributed by atoms with Gasteiger partial charge in [-0.3, -0.25) is 0 Å². The van der Waals surface area contributed by atoms with Crippen LogP contribution in [-0.2, 0) is 20.8 Å². The average Bonchev–Trinajstić information content (AvgIpc) is 2.97. The minimum atomic E-state index is -0.592. The van der Waals surface area contributed by atoms with Crippen LogP contribution < -0.4 is 0 Å². The maximum absolute atomic E-state index is 12.8. The van der Waals surface area contributed by atoms with Crippen molar-refractivity contribution in [3.63, 3.8) is 0 Å². The zero-order chi connectivity index (χ0) is 24.0. The molecule has 0 unspecified atom stereocenters. The minimum Gasteiger partial charge on any atom is -0.444 e. The average molecular weight is 491 g/mol. The van der Waals surface area contributed by atoms with Crippen molar-refractivity contribution in [1.29, 1.82) is 5.26 Å². The topological polar surface area (TPSA) is 71.8 Å². The molecule has 176 valence electrons. The number of benzene rings is 2. The third-order valence-electron chi connectivity index (χ3n) is 5.12. The molecule has 0 N–H and O–H groups in total. The number of hydrogen-bond donors (Lipinski definition) is 0. The van der Waals surface area contributed by atoms with E-state index in [4.69, 9.17) is 42.7 Å². The Balaban J connectivity index is 1.78. The zero-order valence-corrected chi connectivity index (χ0v) is 20.5. The molecule has 1 saturated heterocycles. The van der Waals surface area contributed by atoms with Crippen molar-refractivity contribution >= 4 is 29.3 Å². The molecule has 0 radical (unpaired) electrons. The summed E-state index contributed by atoms with van der Waals surface area (Å²) in [5, 5.41) is 10.0. The maximum atomic E-state index is 12.8. The van der Waals surface area contributed by atoms with Crippen LogP contribution in [-0.4, -0.2) is 42.9 Å². The zero-order valence-electron chi connectivity index (χ0n) is 19.0. The highest BCUT2D eigenvalue weighted by molar-refractivity contribution is 6.42. The van der Waals surface area contributed by atoms with Gasteiger partial charge in [-0.2, -0.15) is 5.26 Å². The summed E-state index contributed by atoms with van der Waals surface area (Å²) in [6.45, 7) is 7.36. The van der Waals surface area contributed by atoms with Crippen molar-refractivity contribution in [1.82, 2.24) is 4.90 Å². The van der Waals surface area contributed by atoms with Gasteiger partial charge in [0.2, 0.25) is 0 Å². The SMILES string of the molecule is CC(C)(C)OC(=O)N1CCO[C@@H](c2ccc(Cl)c(Cl)c2)[C@H](COCc2cccc(C#N)c2)C1. The second-order valence-electron chi connectivity index (χ2n) is 8.98.